The maximum absolute atomic E-state index is 12.9. The Morgan fingerprint density at radius 3 is 2.63 bits per heavy atom. The molecule has 1 aromatic carbocycles. The lowest BCUT2D eigenvalue weighted by molar-refractivity contribution is 0.0894. The Morgan fingerprint density at radius 2 is 2.07 bits per heavy atom. The van der Waals surface area contributed by atoms with E-state index in [0.29, 0.717) is 18.3 Å². The van der Waals surface area contributed by atoms with Gasteiger partial charge in [0.15, 0.2) is 6.61 Å². The van der Waals surface area contributed by atoms with Crippen molar-refractivity contribution in [1.29, 1.82) is 5.26 Å². The van der Waals surface area contributed by atoms with Gasteiger partial charge in [-0.15, -0.1) is 0 Å². The molecule has 1 fully saturated rings. The van der Waals surface area contributed by atoms with Crippen molar-refractivity contribution in [2.75, 3.05) is 13.2 Å². The molecule has 1 N–H and O–H groups in total. The van der Waals surface area contributed by atoms with Gasteiger partial charge in [0.05, 0.1) is 18.2 Å². The first-order valence-electron chi connectivity index (χ1n) is 10.1. The molecule has 1 unspecified atom stereocenters. The zero-order valence-electron chi connectivity index (χ0n) is 17.5. The number of pyridine rings is 1. The van der Waals surface area contributed by atoms with E-state index in [2.05, 4.69) is 13.8 Å². The summed E-state index contributed by atoms with van der Waals surface area (Å²) in [7, 11) is 0. The van der Waals surface area contributed by atoms with Crippen LogP contribution in [0.25, 0.3) is 0 Å². The lowest BCUT2D eigenvalue weighted by Gasteiger charge is -2.18. The molecule has 0 bridgehead atoms. The highest BCUT2D eigenvalue weighted by Gasteiger charge is 2.26. The number of ketones is 1. The molecular formula is C23H26N2O5. The molecule has 3 rings (SSSR count). The SMILES string of the molecule is Cc1c(C(=O)COc2ccc(C(C)C)cc2)c(O)n(CC2CCCO2)c(=O)c1C#N. The minimum atomic E-state index is -0.621. The van der Waals surface area contributed by atoms with Crippen LogP contribution < -0.4 is 10.3 Å². The number of aromatic hydroxyl groups is 1. The summed E-state index contributed by atoms with van der Waals surface area (Å²) in [5.41, 5.74) is 0.470. The van der Waals surface area contributed by atoms with Crippen LogP contribution in [0.15, 0.2) is 29.1 Å². The lowest BCUT2D eigenvalue weighted by Crippen LogP contribution is -2.31. The van der Waals surface area contributed by atoms with E-state index in [0.717, 1.165) is 23.0 Å². The molecular weight excluding hydrogens is 384 g/mol. The minimum Gasteiger partial charge on any atom is -0.494 e. The van der Waals surface area contributed by atoms with Crippen LogP contribution in [-0.2, 0) is 11.3 Å². The smallest absolute Gasteiger partial charge is 0.271 e. The second-order valence-corrected chi connectivity index (χ2v) is 7.80. The number of rotatable bonds is 7. The highest BCUT2D eigenvalue weighted by atomic mass is 16.5. The van der Waals surface area contributed by atoms with Gasteiger partial charge in [0.2, 0.25) is 11.7 Å². The molecule has 1 aliphatic heterocycles. The van der Waals surface area contributed by atoms with Crippen LogP contribution in [0.5, 0.6) is 11.6 Å². The molecule has 0 amide bonds. The number of nitrogens with zero attached hydrogens (tertiary/aromatic N) is 2. The van der Waals surface area contributed by atoms with Gasteiger partial charge in [0.25, 0.3) is 5.56 Å². The van der Waals surface area contributed by atoms with Gasteiger partial charge in [0.1, 0.15) is 17.4 Å². The van der Waals surface area contributed by atoms with E-state index in [1.54, 1.807) is 12.1 Å². The number of carbonyl (C=O) groups excluding carboxylic acids is 1. The monoisotopic (exact) mass is 410 g/mol. The summed E-state index contributed by atoms with van der Waals surface area (Å²) < 4.78 is 12.2. The third kappa shape index (κ3) is 4.39. The number of ether oxygens (including phenoxy) is 2. The molecule has 1 saturated heterocycles. The van der Waals surface area contributed by atoms with Gasteiger partial charge in [-0.25, -0.2) is 0 Å². The molecule has 30 heavy (non-hydrogen) atoms. The second-order valence-electron chi connectivity index (χ2n) is 7.80. The van der Waals surface area contributed by atoms with Gasteiger partial charge in [-0.3, -0.25) is 14.2 Å². The first-order chi connectivity index (χ1) is 14.3. The number of aromatic nitrogens is 1. The normalized spacial score (nSPS) is 15.9. The molecule has 158 valence electrons. The Balaban J connectivity index is 1.87. The van der Waals surface area contributed by atoms with E-state index in [-0.39, 0.29) is 35.9 Å². The third-order valence-corrected chi connectivity index (χ3v) is 5.41. The Morgan fingerprint density at radius 1 is 1.37 bits per heavy atom. The van der Waals surface area contributed by atoms with Crippen LogP contribution in [0.2, 0.25) is 0 Å². The zero-order valence-corrected chi connectivity index (χ0v) is 17.5. The van der Waals surface area contributed by atoms with Crippen molar-refractivity contribution in [2.45, 2.75) is 52.2 Å². The number of hydrogen-bond acceptors (Lipinski definition) is 6. The van der Waals surface area contributed by atoms with Crippen molar-refractivity contribution in [3.8, 4) is 17.7 Å². The Labute approximate surface area is 175 Å². The Kier molecular flexibility index (Phi) is 6.58. The maximum atomic E-state index is 12.9. The van der Waals surface area contributed by atoms with Gasteiger partial charge in [0, 0.05) is 6.61 Å². The van der Waals surface area contributed by atoms with Gasteiger partial charge in [-0.1, -0.05) is 26.0 Å². The molecule has 7 heteroatoms. The predicted octanol–water partition coefficient (Wildman–Crippen LogP) is 3.30. The summed E-state index contributed by atoms with van der Waals surface area (Å²) in [4.78, 5) is 25.5. The largest absolute Gasteiger partial charge is 0.494 e. The fraction of sp³-hybridized carbons (Fsp3) is 0.435. The molecule has 1 aliphatic rings. The van der Waals surface area contributed by atoms with Crippen LogP contribution in [0.1, 0.15) is 59.7 Å². The fourth-order valence-electron chi connectivity index (χ4n) is 3.62. The van der Waals surface area contributed by atoms with Crippen molar-refractivity contribution < 1.29 is 19.4 Å². The standard InChI is InChI=1S/C23H26N2O5/c1-14(2)16-6-8-17(9-7-16)30-13-20(26)21-15(3)19(11-24)22(27)25(23(21)28)12-18-5-4-10-29-18/h6-9,14,18,28H,4-5,10,12-13H2,1-3H3. The molecule has 2 heterocycles. The van der Waals surface area contributed by atoms with Crippen LogP contribution in [0.4, 0.5) is 0 Å². The topological polar surface area (TPSA) is 102 Å². The third-order valence-electron chi connectivity index (χ3n) is 5.41. The highest BCUT2D eigenvalue weighted by Crippen LogP contribution is 2.25. The van der Waals surface area contributed by atoms with Gasteiger partial charge in [-0.05, 0) is 48.9 Å². The van der Waals surface area contributed by atoms with Crippen molar-refractivity contribution in [1.82, 2.24) is 4.57 Å². The predicted molar refractivity (Wildman–Crippen MR) is 111 cm³/mol. The number of carbonyl (C=O) groups is 1. The molecule has 1 atom stereocenters. The molecule has 2 aromatic rings. The number of hydrogen-bond donors (Lipinski definition) is 1. The quantitative estimate of drug-likeness (QED) is 0.703. The van der Waals surface area contributed by atoms with E-state index in [9.17, 15) is 20.0 Å². The molecule has 0 spiro atoms. The van der Waals surface area contributed by atoms with Crippen LogP contribution in [-0.4, -0.2) is 34.8 Å². The molecule has 0 saturated carbocycles. The average molecular weight is 410 g/mol. The summed E-state index contributed by atoms with van der Waals surface area (Å²) in [6, 6.07) is 9.30. The number of benzene rings is 1. The first kappa shape index (κ1) is 21.6. The van der Waals surface area contributed by atoms with Gasteiger partial charge in [-0.2, -0.15) is 5.26 Å². The fourth-order valence-corrected chi connectivity index (χ4v) is 3.62. The highest BCUT2D eigenvalue weighted by molar-refractivity contribution is 6.01. The number of Topliss-reactive ketones (excluding diaryl/α,β-unsaturated/α-hetero) is 1. The van der Waals surface area contributed by atoms with Crippen LogP contribution >= 0.6 is 0 Å². The molecule has 1 aromatic heterocycles. The Bertz CT molecular complexity index is 1030. The molecule has 7 nitrogen and oxygen atoms in total. The van der Waals surface area contributed by atoms with Crippen LogP contribution in [0, 0.1) is 18.3 Å². The summed E-state index contributed by atoms with van der Waals surface area (Å²) in [5, 5.41) is 20.2. The summed E-state index contributed by atoms with van der Waals surface area (Å²) in [5.74, 6) is -0.0426. The number of nitriles is 1. The van der Waals surface area contributed by atoms with E-state index in [1.165, 1.54) is 6.92 Å². The van der Waals surface area contributed by atoms with Gasteiger partial charge >= 0.3 is 0 Å². The maximum Gasteiger partial charge on any atom is 0.271 e. The second kappa shape index (κ2) is 9.14. The average Bonchev–Trinajstić information content (AvgIpc) is 3.23. The van der Waals surface area contributed by atoms with E-state index in [1.807, 2.05) is 18.2 Å². The van der Waals surface area contributed by atoms with E-state index in [4.69, 9.17) is 9.47 Å². The molecule has 0 aliphatic carbocycles. The summed E-state index contributed by atoms with van der Waals surface area (Å²) in [6.07, 6.45) is 1.38. The minimum absolute atomic E-state index is 0.0667. The lowest BCUT2D eigenvalue weighted by atomic mass is 10.0. The van der Waals surface area contributed by atoms with Gasteiger partial charge < -0.3 is 14.6 Å². The molecule has 0 radical (unpaired) electrons. The summed E-state index contributed by atoms with van der Waals surface area (Å²) >= 11 is 0. The Hall–Kier alpha value is -3.11. The van der Waals surface area contributed by atoms with E-state index < -0.39 is 17.2 Å². The van der Waals surface area contributed by atoms with Crippen LogP contribution in [0.3, 0.4) is 0 Å². The van der Waals surface area contributed by atoms with E-state index >= 15 is 0 Å². The summed E-state index contributed by atoms with van der Waals surface area (Å²) in [6.45, 7) is 6.02. The van der Waals surface area contributed by atoms with Crippen molar-refractivity contribution in [3.63, 3.8) is 0 Å². The van der Waals surface area contributed by atoms with Crippen molar-refractivity contribution in [2.24, 2.45) is 0 Å². The zero-order chi connectivity index (χ0) is 21.8. The first-order valence-corrected chi connectivity index (χ1v) is 10.1. The van der Waals surface area contributed by atoms with Crippen molar-refractivity contribution >= 4 is 5.78 Å². The van der Waals surface area contributed by atoms with Crippen molar-refractivity contribution in [3.05, 3.63) is 56.9 Å².